The summed E-state index contributed by atoms with van der Waals surface area (Å²) in [4.78, 5) is 11.8. The molecule has 0 aromatic heterocycles. The highest BCUT2D eigenvalue weighted by molar-refractivity contribution is 7.84. The van der Waals surface area contributed by atoms with Crippen molar-refractivity contribution in [2.24, 2.45) is 28.3 Å². The van der Waals surface area contributed by atoms with Crippen molar-refractivity contribution in [3.63, 3.8) is 0 Å². The molecule has 3 aliphatic rings. The maximum atomic E-state index is 11.8. The number of nitrogens with two attached hydrogens (primary N) is 1. The molecule has 160 valence electrons. The van der Waals surface area contributed by atoms with E-state index in [1.807, 2.05) is 13.0 Å². The summed E-state index contributed by atoms with van der Waals surface area (Å²) in [6, 6.07) is 4.09. The van der Waals surface area contributed by atoms with Crippen molar-refractivity contribution in [1.29, 1.82) is 0 Å². The van der Waals surface area contributed by atoms with Crippen LogP contribution >= 0.6 is 0 Å². The molecule has 29 heavy (non-hydrogen) atoms. The van der Waals surface area contributed by atoms with E-state index in [-0.39, 0.29) is 5.41 Å². The number of aryl methyl sites for hydroxylation is 2. The van der Waals surface area contributed by atoms with Crippen LogP contribution in [0.4, 0.5) is 0 Å². The van der Waals surface area contributed by atoms with Gasteiger partial charge in [0.2, 0.25) is 0 Å². The lowest BCUT2D eigenvalue weighted by Gasteiger charge is -2.51. The Labute approximate surface area is 174 Å². The number of hydrogen-bond acceptors (Lipinski definition) is 4. The molecule has 5 nitrogen and oxygen atoms in total. The van der Waals surface area contributed by atoms with Crippen molar-refractivity contribution in [3.8, 4) is 5.75 Å². The van der Waals surface area contributed by atoms with Gasteiger partial charge in [-0.3, -0.25) is 0 Å². The van der Waals surface area contributed by atoms with E-state index >= 15 is 0 Å². The van der Waals surface area contributed by atoms with Crippen molar-refractivity contribution >= 4 is 16.1 Å². The first-order chi connectivity index (χ1) is 13.6. The van der Waals surface area contributed by atoms with E-state index in [1.165, 1.54) is 30.4 Å². The molecule has 3 aliphatic carbocycles. The van der Waals surface area contributed by atoms with E-state index < -0.39 is 10.3 Å². The van der Waals surface area contributed by atoms with Crippen molar-refractivity contribution in [1.82, 2.24) is 0 Å². The van der Waals surface area contributed by atoms with Crippen LogP contribution in [0.1, 0.15) is 81.9 Å². The van der Waals surface area contributed by atoms with Gasteiger partial charge in [-0.25, -0.2) is 0 Å². The lowest BCUT2D eigenvalue weighted by atomic mass is 9.54. The second kappa shape index (κ2) is 7.38. The largest absolute Gasteiger partial charge is 0.380 e. The number of rotatable bonds is 5. The van der Waals surface area contributed by atoms with Crippen LogP contribution in [0.3, 0.4) is 0 Å². The summed E-state index contributed by atoms with van der Waals surface area (Å²) in [7, 11) is -4.02. The third-order valence-electron chi connectivity index (χ3n) is 8.22. The molecular weight excluding hydrogens is 386 g/mol. The van der Waals surface area contributed by atoms with E-state index in [1.54, 1.807) is 6.92 Å². The Hall–Kier alpha value is -1.40. The van der Waals surface area contributed by atoms with E-state index in [4.69, 9.17) is 9.32 Å². The van der Waals surface area contributed by atoms with Gasteiger partial charge in [0.15, 0.2) is 0 Å². The van der Waals surface area contributed by atoms with Crippen molar-refractivity contribution < 1.29 is 17.4 Å². The average molecular weight is 420 g/mol. The number of benzene rings is 1. The van der Waals surface area contributed by atoms with Gasteiger partial charge in [-0.05, 0) is 104 Å². The third-order valence-corrected chi connectivity index (χ3v) is 8.63. The molecule has 0 amide bonds. The zero-order valence-electron chi connectivity index (χ0n) is 17.7. The van der Waals surface area contributed by atoms with Crippen LogP contribution in [-0.2, 0) is 27.9 Å². The van der Waals surface area contributed by atoms with Crippen LogP contribution in [0.5, 0.6) is 5.75 Å². The van der Waals surface area contributed by atoms with E-state index in [2.05, 4.69) is 13.0 Å². The van der Waals surface area contributed by atoms with Crippen LogP contribution in [0.15, 0.2) is 12.1 Å². The van der Waals surface area contributed by atoms with Gasteiger partial charge in [0, 0.05) is 6.42 Å². The molecule has 5 atom stereocenters. The zero-order valence-corrected chi connectivity index (χ0v) is 18.6. The molecule has 0 spiro atoms. The van der Waals surface area contributed by atoms with Gasteiger partial charge in [-0.15, -0.1) is 0 Å². The highest BCUT2D eigenvalue weighted by atomic mass is 32.2. The molecule has 2 saturated carbocycles. The number of ketones is 1. The number of hydrogen-bond donors (Lipinski definition) is 1. The van der Waals surface area contributed by atoms with Gasteiger partial charge in [0.1, 0.15) is 11.5 Å². The third kappa shape index (κ3) is 3.74. The molecule has 2 fully saturated rings. The Morgan fingerprint density at radius 2 is 2.00 bits per heavy atom. The molecule has 0 bridgehead atoms. The van der Waals surface area contributed by atoms with E-state index in [0.717, 1.165) is 31.2 Å². The molecule has 0 aliphatic heterocycles. The Morgan fingerprint density at radius 1 is 1.24 bits per heavy atom. The van der Waals surface area contributed by atoms with Gasteiger partial charge in [0.25, 0.3) is 0 Å². The fourth-order valence-electron chi connectivity index (χ4n) is 6.92. The normalized spacial score (nSPS) is 33.5. The van der Waals surface area contributed by atoms with Crippen LogP contribution in [-0.4, -0.2) is 14.2 Å². The molecule has 0 radical (unpaired) electrons. The molecule has 1 aromatic carbocycles. The summed E-state index contributed by atoms with van der Waals surface area (Å²) in [6.07, 6.45) is 8.25. The summed E-state index contributed by atoms with van der Waals surface area (Å²) >= 11 is 0. The smallest absolute Gasteiger partial charge is 0.371 e. The van der Waals surface area contributed by atoms with E-state index in [0.29, 0.717) is 41.6 Å². The molecule has 0 heterocycles. The van der Waals surface area contributed by atoms with Gasteiger partial charge in [-0.2, -0.15) is 13.6 Å². The van der Waals surface area contributed by atoms with Crippen LogP contribution in [0.2, 0.25) is 0 Å². The van der Waals surface area contributed by atoms with Gasteiger partial charge in [0.05, 0.1) is 0 Å². The average Bonchev–Trinajstić information content (AvgIpc) is 2.95. The molecule has 2 N–H and O–H groups in total. The van der Waals surface area contributed by atoms with Crippen LogP contribution < -0.4 is 9.32 Å². The van der Waals surface area contributed by atoms with Crippen LogP contribution in [0.25, 0.3) is 0 Å². The summed E-state index contributed by atoms with van der Waals surface area (Å²) in [6.45, 7) is 6.18. The van der Waals surface area contributed by atoms with Gasteiger partial charge >= 0.3 is 10.3 Å². The minimum Gasteiger partial charge on any atom is -0.371 e. The maximum Gasteiger partial charge on any atom is 0.380 e. The molecule has 0 unspecified atom stereocenters. The fourth-order valence-corrected chi connectivity index (χ4v) is 7.32. The summed E-state index contributed by atoms with van der Waals surface area (Å²) < 4.78 is 28.0. The standard InChI is InChI=1S/C23H33NO4S/c1-4-15-12-20-16(13-22(15)28-29(24,26)27)5-7-19-18(20)9-10-23(3)17(11-14(2)25)6-8-21(19)23/h12-13,17-19,21H,4-11H2,1-3H3,(H2,24,26,27)/t17-,18+,19-,21+,23-/m1/s1. The highest BCUT2D eigenvalue weighted by Gasteiger charge is 2.54. The number of carbonyl (C=O) groups is 1. The molecule has 4 rings (SSSR count). The fraction of sp³-hybridized carbons (Fsp3) is 0.696. The molecule has 0 saturated heterocycles. The monoisotopic (exact) mass is 419 g/mol. The second-order valence-corrected chi connectivity index (χ2v) is 10.9. The predicted molar refractivity (Wildman–Crippen MR) is 113 cm³/mol. The number of fused-ring (bicyclic) bond motifs is 5. The number of Topliss-reactive ketones (excluding diaryl/α,β-unsaturated/α-hetero) is 1. The first-order valence-corrected chi connectivity index (χ1v) is 12.5. The summed E-state index contributed by atoms with van der Waals surface area (Å²) in [5.74, 6) is 3.11. The lowest BCUT2D eigenvalue weighted by Crippen LogP contribution is -2.42. The Kier molecular flexibility index (Phi) is 5.31. The van der Waals surface area contributed by atoms with E-state index in [9.17, 15) is 13.2 Å². The highest BCUT2D eigenvalue weighted by Crippen LogP contribution is 2.63. The Balaban J connectivity index is 1.65. The summed E-state index contributed by atoms with van der Waals surface area (Å²) in [5.41, 5.74) is 3.79. The summed E-state index contributed by atoms with van der Waals surface area (Å²) in [5, 5.41) is 5.12. The predicted octanol–water partition coefficient (Wildman–Crippen LogP) is 4.28. The Bertz CT molecular complexity index is 925. The van der Waals surface area contributed by atoms with Crippen molar-refractivity contribution in [2.75, 3.05) is 0 Å². The van der Waals surface area contributed by atoms with Gasteiger partial charge in [-0.1, -0.05) is 19.9 Å². The van der Waals surface area contributed by atoms with Crippen molar-refractivity contribution in [2.45, 2.75) is 78.1 Å². The number of carbonyl (C=O) groups excluding carboxylic acids is 1. The maximum absolute atomic E-state index is 11.8. The first-order valence-electron chi connectivity index (χ1n) is 11.0. The second-order valence-electron chi connectivity index (χ2n) is 9.73. The first kappa shape index (κ1) is 20.9. The molecule has 6 heteroatoms. The minimum atomic E-state index is -4.02. The van der Waals surface area contributed by atoms with Crippen LogP contribution in [0, 0.1) is 23.2 Å². The van der Waals surface area contributed by atoms with Gasteiger partial charge < -0.3 is 8.98 Å². The zero-order chi connectivity index (χ0) is 21.0. The lowest BCUT2D eigenvalue weighted by molar-refractivity contribution is -0.119. The van der Waals surface area contributed by atoms with Crippen molar-refractivity contribution in [3.05, 3.63) is 28.8 Å². The minimum absolute atomic E-state index is 0.286. The SMILES string of the molecule is CCc1cc2c(cc1OS(N)(=O)=O)CC[C@@H]1[C@@H]2CC[C@]2(C)[C@@H](CC(C)=O)CC[C@@H]12. The topological polar surface area (TPSA) is 86.5 Å². The quantitative estimate of drug-likeness (QED) is 0.772. The Morgan fingerprint density at radius 3 is 2.66 bits per heavy atom. The molecule has 1 aromatic rings. The molecular formula is C23H33NO4S.